The second-order valence-corrected chi connectivity index (χ2v) is 14.8. The van der Waals surface area contributed by atoms with E-state index in [0.717, 1.165) is 39.3 Å². The van der Waals surface area contributed by atoms with Gasteiger partial charge in [0.1, 0.15) is 47.1 Å². The topological polar surface area (TPSA) is 222 Å². The van der Waals surface area contributed by atoms with Crippen LogP contribution in [0.25, 0.3) is 22.1 Å². The molecule has 4 aliphatic rings. The molecule has 0 bridgehead atoms. The quantitative estimate of drug-likeness (QED) is 0.107. The molecule has 10 rings (SSSR count). The van der Waals surface area contributed by atoms with Crippen molar-refractivity contribution in [3.8, 4) is 0 Å². The molecule has 0 radical (unpaired) electrons. The molecule has 20 heteroatoms. The number of nitrogens with one attached hydrogen (secondary N) is 2. The number of rotatable bonds is 8. The van der Waals surface area contributed by atoms with Gasteiger partial charge in [0.05, 0.1) is 23.9 Å². The number of aromatic carboxylic acids is 1. The highest BCUT2D eigenvalue weighted by Crippen LogP contribution is 2.45. The van der Waals surface area contributed by atoms with Crippen LogP contribution in [-0.2, 0) is 25.9 Å². The number of alkyl halides is 4. The third kappa shape index (κ3) is 7.90. The van der Waals surface area contributed by atoms with Gasteiger partial charge < -0.3 is 39.7 Å². The third-order valence-electron chi connectivity index (χ3n) is 10.8. The van der Waals surface area contributed by atoms with Crippen LogP contribution < -0.4 is 15.5 Å². The lowest BCUT2D eigenvalue weighted by Crippen LogP contribution is -2.39. The first-order chi connectivity index (χ1) is 27.4. The van der Waals surface area contributed by atoms with E-state index in [4.69, 9.17) is 19.9 Å². The third-order valence-corrected chi connectivity index (χ3v) is 10.8. The maximum Gasteiger partial charge on any atom is 0.358 e. The Hall–Kier alpha value is -5.92. The number of carboxylic acid groups (broad SMARTS) is 1. The number of halogens is 4. The van der Waals surface area contributed by atoms with Crippen LogP contribution in [0.2, 0.25) is 0 Å². The summed E-state index contributed by atoms with van der Waals surface area (Å²) in [5.74, 6) is -3.21. The minimum absolute atomic E-state index is 0.00347. The van der Waals surface area contributed by atoms with Crippen molar-refractivity contribution >= 4 is 45.5 Å². The van der Waals surface area contributed by atoms with Crippen LogP contribution in [0.1, 0.15) is 82.1 Å². The number of hydrogen-bond donors (Lipinski definition) is 4. The summed E-state index contributed by atoms with van der Waals surface area (Å²) in [6.45, 7) is 2.69. The molecular formula is C37H39F4N11O5. The van der Waals surface area contributed by atoms with Gasteiger partial charge in [-0.05, 0) is 36.9 Å². The van der Waals surface area contributed by atoms with Crippen LogP contribution in [-0.4, -0.2) is 88.6 Å². The molecule has 0 atom stereocenters. The molecule has 5 N–H and O–H groups in total. The lowest BCUT2D eigenvalue weighted by atomic mass is 9.78. The molecule has 6 aromatic rings. The molecule has 0 spiro atoms. The Morgan fingerprint density at radius 1 is 0.772 bits per heavy atom. The number of carbonyl (C=O) groups excluding carboxylic acids is 1. The summed E-state index contributed by atoms with van der Waals surface area (Å²) >= 11 is 0. The van der Waals surface area contributed by atoms with Crippen molar-refractivity contribution in [2.24, 2.45) is 17.6 Å². The van der Waals surface area contributed by atoms with Gasteiger partial charge in [-0.25, -0.2) is 42.3 Å². The number of fused-ring (bicyclic) bond motifs is 4. The molecule has 0 saturated heterocycles. The maximum atomic E-state index is 13.0. The van der Waals surface area contributed by atoms with Crippen molar-refractivity contribution in [1.82, 2.24) is 40.2 Å². The standard InChI is InChI=1S/C19H19F2N5O2.C13H11N5O3.C5H9F2N/c20-19(21)7-11(8-19)1-2-14(27)16-13-9-26(6-4-15(13)28-25-16)18-12-3-5-22-17(12)23-10-24-18;19-13(20)10-8-5-18(4-2-9(8)21-17-10)12-7-1-3-14-11(7)15-6-16-12;6-5(7)1-4(2-5)3-8/h3,5,10-11H,1-2,4,6-9H2,(H,22,23,24);1,3,6H,2,4-5H2,(H,19,20)(H,14,15,16);4H,1-3,8H2. The van der Waals surface area contributed by atoms with E-state index in [1.165, 1.54) is 12.7 Å². The molecule has 2 aliphatic heterocycles. The average molecular weight is 794 g/mol. The van der Waals surface area contributed by atoms with Crippen LogP contribution in [0, 0.1) is 11.8 Å². The number of aromatic amines is 2. The smallest absolute Gasteiger partial charge is 0.358 e. The SMILES string of the molecule is NCC1CC(F)(F)C1.O=C(CCC1CC(F)(F)C1)c1noc2c1CN(c1ncnc3[nH]ccc13)CC2.O=C(O)c1noc2c1CN(c1ncnc3[nH]ccc13)CC2. The monoisotopic (exact) mass is 793 g/mol. The molecule has 0 amide bonds. The number of nitrogens with zero attached hydrogens (tertiary/aromatic N) is 8. The molecule has 2 saturated carbocycles. The summed E-state index contributed by atoms with van der Waals surface area (Å²) in [5, 5.41) is 18.6. The van der Waals surface area contributed by atoms with Gasteiger partial charge in [-0.15, -0.1) is 0 Å². The molecule has 2 fully saturated rings. The predicted molar refractivity (Wildman–Crippen MR) is 195 cm³/mol. The Balaban J connectivity index is 0.000000137. The van der Waals surface area contributed by atoms with E-state index < -0.39 is 17.8 Å². The number of H-pyrrole nitrogens is 2. The molecule has 6 aromatic heterocycles. The van der Waals surface area contributed by atoms with E-state index in [1.807, 2.05) is 23.2 Å². The fourth-order valence-electron chi connectivity index (χ4n) is 7.78. The minimum atomic E-state index is -2.55. The van der Waals surface area contributed by atoms with Crippen molar-refractivity contribution in [2.75, 3.05) is 29.4 Å². The van der Waals surface area contributed by atoms with Crippen LogP contribution in [0.4, 0.5) is 29.2 Å². The van der Waals surface area contributed by atoms with Gasteiger partial charge in [0, 0.05) is 81.6 Å². The fourth-order valence-corrected chi connectivity index (χ4v) is 7.78. The number of ketones is 1. The molecular weight excluding hydrogens is 754 g/mol. The van der Waals surface area contributed by atoms with Gasteiger partial charge in [0.25, 0.3) is 0 Å². The molecule has 8 heterocycles. The van der Waals surface area contributed by atoms with Gasteiger partial charge in [0.15, 0.2) is 17.2 Å². The lowest BCUT2D eigenvalue weighted by molar-refractivity contribution is -0.111. The average Bonchev–Trinajstić information content (AvgIpc) is 4.00. The largest absolute Gasteiger partial charge is 0.476 e. The normalized spacial score (nSPS) is 18.4. The van der Waals surface area contributed by atoms with Gasteiger partial charge >= 0.3 is 5.97 Å². The summed E-state index contributed by atoms with van der Waals surface area (Å²) in [6.07, 6.45) is 8.31. The first-order valence-corrected chi connectivity index (χ1v) is 18.6. The van der Waals surface area contributed by atoms with Gasteiger partial charge in [0.2, 0.25) is 11.8 Å². The van der Waals surface area contributed by atoms with Crippen molar-refractivity contribution in [3.05, 3.63) is 71.2 Å². The van der Waals surface area contributed by atoms with Gasteiger partial charge in [-0.1, -0.05) is 10.3 Å². The summed E-state index contributed by atoms with van der Waals surface area (Å²) in [7, 11) is 0. The molecule has 0 aromatic carbocycles. The highest BCUT2D eigenvalue weighted by molar-refractivity contribution is 5.96. The van der Waals surface area contributed by atoms with Gasteiger partial charge in [-0.3, -0.25) is 4.79 Å². The summed E-state index contributed by atoms with van der Waals surface area (Å²) < 4.78 is 60.3. The van der Waals surface area contributed by atoms with E-state index in [1.54, 1.807) is 6.20 Å². The van der Waals surface area contributed by atoms with Crippen LogP contribution in [0.15, 0.2) is 46.2 Å². The molecule has 16 nitrogen and oxygen atoms in total. The summed E-state index contributed by atoms with van der Waals surface area (Å²) in [5.41, 5.74) is 8.34. The zero-order valence-electron chi connectivity index (χ0n) is 30.6. The predicted octanol–water partition coefficient (Wildman–Crippen LogP) is 5.71. The number of anilines is 2. The fraction of sp³-hybridized carbons (Fsp3) is 0.459. The Morgan fingerprint density at radius 2 is 1.26 bits per heavy atom. The number of hydrogen-bond acceptors (Lipinski definition) is 13. The second kappa shape index (κ2) is 15.2. The Labute approximate surface area is 321 Å². The Bertz CT molecular complexity index is 2390. The summed E-state index contributed by atoms with van der Waals surface area (Å²) in [6, 6.07) is 3.83. The highest BCUT2D eigenvalue weighted by atomic mass is 19.3. The second-order valence-electron chi connectivity index (χ2n) is 14.8. The molecule has 57 heavy (non-hydrogen) atoms. The van der Waals surface area contributed by atoms with E-state index in [-0.39, 0.29) is 55.4 Å². The number of carboxylic acids is 1. The Morgan fingerprint density at radius 3 is 1.74 bits per heavy atom. The zero-order chi connectivity index (χ0) is 39.9. The van der Waals surface area contributed by atoms with Crippen LogP contribution in [0.5, 0.6) is 0 Å². The number of nitrogens with two attached hydrogens (primary N) is 1. The van der Waals surface area contributed by atoms with E-state index in [0.29, 0.717) is 74.8 Å². The minimum Gasteiger partial charge on any atom is -0.476 e. The van der Waals surface area contributed by atoms with Crippen LogP contribution in [0.3, 0.4) is 0 Å². The summed E-state index contributed by atoms with van der Waals surface area (Å²) in [4.78, 5) is 51.1. The molecule has 300 valence electrons. The number of carbonyl (C=O) groups is 2. The number of Topliss-reactive ketones (excluding diaryl/α,β-unsaturated/α-hetero) is 1. The van der Waals surface area contributed by atoms with Crippen molar-refractivity contribution in [1.29, 1.82) is 0 Å². The maximum absolute atomic E-state index is 13.0. The number of aromatic nitrogens is 8. The first kappa shape index (κ1) is 38.0. The molecule has 2 aliphatic carbocycles. The van der Waals surface area contributed by atoms with Crippen molar-refractivity contribution < 1.29 is 41.3 Å². The lowest BCUT2D eigenvalue weighted by Gasteiger charge is -2.34. The first-order valence-electron chi connectivity index (χ1n) is 18.6. The Kier molecular flexibility index (Phi) is 10.1. The van der Waals surface area contributed by atoms with E-state index in [2.05, 4.69) is 45.1 Å². The van der Waals surface area contributed by atoms with Crippen LogP contribution >= 0.6 is 0 Å². The van der Waals surface area contributed by atoms with Gasteiger partial charge in [-0.2, -0.15) is 0 Å². The highest BCUT2D eigenvalue weighted by Gasteiger charge is 2.45. The van der Waals surface area contributed by atoms with E-state index in [9.17, 15) is 27.2 Å². The van der Waals surface area contributed by atoms with E-state index >= 15 is 0 Å². The zero-order valence-corrected chi connectivity index (χ0v) is 30.6. The molecule has 0 unspecified atom stereocenters. The van der Waals surface area contributed by atoms with Crippen molar-refractivity contribution in [3.63, 3.8) is 0 Å². The van der Waals surface area contributed by atoms with Crippen molar-refractivity contribution in [2.45, 2.75) is 76.3 Å².